The molecule has 0 aromatic heterocycles. The smallest absolute Gasteiger partial charge is 0.0693 e. The molecule has 0 spiro atoms. The molecule has 17 heavy (non-hydrogen) atoms. The van der Waals surface area contributed by atoms with Crippen LogP contribution in [0.4, 0.5) is 0 Å². The first kappa shape index (κ1) is 12.9. The standard InChI is InChI=1S/C14H20ClNO/c15-12-7-5-11(6-8-12)9-10-16-13-3-1-2-4-14(13)17/h5-8,13-14,16-17H,1-4,9-10H2/t13-,14-/m0/s1. The number of benzene rings is 1. The Labute approximate surface area is 108 Å². The zero-order chi connectivity index (χ0) is 12.1. The van der Waals surface area contributed by atoms with E-state index in [0.717, 1.165) is 37.3 Å². The highest BCUT2D eigenvalue weighted by Gasteiger charge is 2.21. The topological polar surface area (TPSA) is 32.3 Å². The highest BCUT2D eigenvalue weighted by molar-refractivity contribution is 6.30. The molecule has 3 heteroatoms. The van der Waals surface area contributed by atoms with Gasteiger partial charge in [-0.2, -0.15) is 0 Å². The molecular formula is C14H20ClNO. The van der Waals surface area contributed by atoms with Crippen LogP contribution in [0.25, 0.3) is 0 Å². The van der Waals surface area contributed by atoms with Gasteiger partial charge < -0.3 is 10.4 Å². The largest absolute Gasteiger partial charge is 0.392 e. The molecular weight excluding hydrogens is 234 g/mol. The van der Waals surface area contributed by atoms with Crippen LogP contribution in [0.2, 0.25) is 5.02 Å². The van der Waals surface area contributed by atoms with Crippen LogP contribution in [0.15, 0.2) is 24.3 Å². The summed E-state index contributed by atoms with van der Waals surface area (Å²) in [5, 5.41) is 14.1. The maximum atomic E-state index is 9.82. The normalized spacial score (nSPS) is 24.8. The van der Waals surface area contributed by atoms with Crippen molar-refractivity contribution < 1.29 is 5.11 Å². The van der Waals surface area contributed by atoms with Crippen molar-refractivity contribution in [2.24, 2.45) is 0 Å². The molecule has 1 aromatic carbocycles. The van der Waals surface area contributed by atoms with E-state index in [4.69, 9.17) is 11.6 Å². The molecule has 0 radical (unpaired) electrons. The fourth-order valence-corrected chi connectivity index (χ4v) is 2.53. The quantitative estimate of drug-likeness (QED) is 0.865. The van der Waals surface area contributed by atoms with Gasteiger partial charge in [-0.25, -0.2) is 0 Å². The molecule has 0 unspecified atom stereocenters. The van der Waals surface area contributed by atoms with Crippen molar-refractivity contribution in [2.45, 2.75) is 44.2 Å². The molecule has 0 saturated heterocycles. The summed E-state index contributed by atoms with van der Waals surface area (Å²) in [6.07, 6.45) is 5.27. The molecule has 2 atom stereocenters. The summed E-state index contributed by atoms with van der Waals surface area (Å²) >= 11 is 5.84. The van der Waals surface area contributed by atoms with Crippen molar-refractivity contribution in [2.75, 3.05) is 6.54 Å². The van der Waals surface area contributed by atoms with E-state index in [2.05, 4.69) is 17.4 Å². The van der Waals surface area contributed by atoms with Crippen molar-refractivity contribution in [3.8, 4) is 0 Å². The zero-order valence-corrected chi connectivity index (χ0v) is 10.8. The van der Waals surface area contributed by atoms with Gasteiger partial charge in [0.2, 0.25) is 0 Å². The van der Waals surface area contributed by atoms with Gasteiger partial charge in [0.25, 0.3) is 0 Å². The van der Waals surface area contributed by atoms with Gasteiger partial charge >= 0.3 is 0 Å². The van der Waals surface area contributed by atoms with E-state index < -0.39 is 0 Å². The van der Waals surface area contributed by atoms with Crippen LogP contribution in [-0.4, -0.2) is 23.8 Å². The summed E-state index contributed by atoms with van der Waals surface area (Å²) in [6.45, 7) is 0.920. The maximum absolute atomic E-state index is 9.82. The second-order valence-corrected chi connectivity index (χ2v) is 5.23. The third-order valence-corrected chi connectivity index (χ3v) is 3.71. The Morgan fingerprint density at radius 3 is 2.59 bits per heavy atom. The molecule has 0 aliphatic heterocycles. The number of halogens is 1. The van der Waals surface area contributed by atoms with Crippen molar-refractivity contribution in [3.63, 3.8) is 0 Å². The van der Waals surface area contributed by atoms with Gasteiger partial charge in [0.05, 0.1) is 6.10 Å². The number of aliphatic hydroxyl groups is 1. The molecule has 94 valence electrons. The summed E-state index contributed by atoms with van der Waals surface area (Å²) in [4.78, 5) is 0. The molecule has 2 N–H and O–H groups in total. The number of rotatable bonds is 4. The van der Waals surface area contributed by atoms with Gasteiger partial charge in [0, 0.05) is 11.1 Å². The predicted octanol–water partition coefficient (Wildman–Crippen LogP) is 2.78. The second-order valence-electron chi connectivity index (χ2n) is 4.79. The van der Waals surface area contributed by atoms with Crippen molar-refractivity contribution in [1.29, 1.82) is 0 Å². The first-order valence-corrected chi connectivity index (χ1v) is 6.79. The fraction of sp³-hybridized carbons (Fsp3) is 0.571. The average Bonchev–Trinajstić information content (AvgIpc) is 2.34. The minimum atomic E-state index is -0.158. The summed E-state index contributed by atoms with van der Waals surface area (Å²) in [6, 6.07) is 8.25. The Hall–Kier alpha value is -0.570. The lowest BCUT2D eigenvalue weighted by Crippen LogP contribution is -2.42. The molecule has 2 nitrogen and oxygen atoms in total. The fourth-order valence-electron chi connectivity index (χ4n) is 2.40. The first-order valence-electron chi connectivity index (χ1n) is 6.41. The molecule has 1 aliphatic carbocycles. The number of aliphatic hydroxyl groups excluding tert-OH is 1. The van der Waals surface area contributed by atoms with Gasteiger partial charge in [0.15, 0.2) is 0 Å². The van der Waals surface area contributed by atoms with Crippen LogP contribution in [-0.2, 0) is 6.42 Å². The lowest BCUT2D eigenvalue weighted by atomic mass is 9.92. The SMILES string of the molecule is O[C@H]1CCCC[C@@H]1NCCc1ccc(Cl)cc1. The van der Waals surface area contributed by atoms with Gasteiger partial charge in [0.1, 0.15) is 0 Å². The first-order chi connectivity index (χ1) is 8.25. The Kier molecular flexibility index (Phi) is 4.84. The molecule has 0 bridgehead atoms. The second kappa shape index (κ2) is 6.39. The highest BCUT2D eigenvalue weighted by atomic mass is 35.5. The Morgan fingerprint density at radius 2 is 1.88 bits per heavy atom. The molecule has 1 saturated carbocycles. The van der Waals surface area contributed by atoms with E-state index in [1.165, 1.54) is 12.0 Å². The van der Waals surface area contributed by atoms with Crippen LogP contribution in [0.3, 0.4) is 0 Å². The molecule has 0 amide bonds. The number of hydrogen-bond donors (Lipinski definition) is 2. The highest BCUT2D eigenvalue weighted by Crippen LogP contribution is 2.18. The third kappa shape index (κ3) is 3.98. The molecule has 2 rings (SSSR count). The van der Waals surface area contributed by atoms with E-state index in [9.17, 15) is 5.11 Å². The van der Waals surface area contributed by atoms with Gasteiger partial charge in [-0.05, 0) is 43.5 Å². The number of hydrogen-bond acceptors (Lipinski definition) is 2. The van der Waals surface area contributed by atoms with E-state index in [0.29, 0.717) is 0 Å². The minimum Gasteiger partial charge on any atom is -0.392 e. The van der Waals surface area contributed by atoms with Crippen LogP contribution in [0.5, 0.6) is 0 Å². The van der Waals surface area contributed by atoms with Crippen molar-refractivity contribution in [3.05, 3.63) is 34.9 Å². The summed E-state index contributed by atoms with van der Waals surface area (Å²) in [7, 11) is 0. The summed E-state index contributed by atoms with van der Waals surface area (Å²) in [5.74, 6) is 0. The van der Waals surface area contributed by atoms with E-state index in [-0.39, 0.29) is 12.1 Å². The van der Waals surface area contributed by atoms with Crippen molar-refractivity contribution in [1.82, 2.24) is 5.32 Å². The van der Waals surface area contributed by atoms with E-state index >= 15 is 0 Å². The number of nitrogens with one attached hydrogen (secondary N) is 1. The monoisotopic (exact) mass is 253 g/mol. The van der Waals surface area contributed by atoms with Gasteiger partial charge in [-0.15, -0.1) is 0 Å². The van der Waals surface area contributed by atoms with Crippen LogP contribution in [0.1, 0.15) is 31.2 Å². The van der Waals surface area contributed by atoms with Gasteiger partial charge in [-0.3, -0.25) is 0 Å². The van der Waals surface area contributed by atoms with Gasteiger partial charge in [-0.1, -0.05) is 36.6 Å². The predicted molar refractivity (Wildman–Crippen MR) is 71.4 cm³/mol. The lowest BCUT2D eigenvalue weighted by molar-refractivity contribution is 0.0914. The van der Waals surface area contributed by atoms with Crippen LogP contribution in [0, 0.1) is 0 Å². The molecule has 1 aliphatic rings. The molecule has 0 heterocycles. The van der Waals surface area contributed by atoms with E-state index in [1.54, 1.807) is 0 Å². The summed E-state index contributed by atoms with van der Waals surface area (Å²) < 4.78 is 0. The minimum absolute atomic E-state index is 0.158. The van der Waals surface area contributed by atoms with Crippen molar-refractivity contribution >= 4 is 11.6 Å². The molecule has 1 fully saturated rings. The Balaban J connectivity index is 1.73. The van der Waals surface area contributed by atoms with E-state index in [1.807, 2.05) is 12.1 Å². The lowest BCUT2D eigenvalue weighted by Gasteiger charge is -2.28. The third-order valence-electron chi connectivity index (χ3n) is 3.46. The van der Waals surface area contributed by atoms with Crippen LogP contribution < -0.4 is 5.32 Å². The molecule has 1 aromatic rings. The van der Waals surface area contributed by atoms with Crippen LogP contribution >= 0.6 is 11.6 Å². The Bertz CT molecular complexity index is 339. The maximum Gasteiger partial charge on any atom is 0.0693 e. The zero-order valence-electron chi connectivity index (χ0n) is 10.0. The summed E-state index contributed by atoms with van der Waals surface area (Å²) in [5.41, 5.74) is 1.28. The average molecular weight is 254 g/mol. The Morgan fingerprint density at radius 1 is 1.18 bits per heavy atom.